The molecule has 21 heavy (non-hydrogen) atoms. The Bertz CT molecular complexity index is 548. The zero-order chi connectivity index (χ0) is 15.1. The molecule has 0 aromatic carbocycles. The van der Waals surface area contributed by atoms with Crippen LogP contribution >= 0.6 is 22.7 Å². The van der Waals surface area contributed by atoms with Gasteiger partial charge in [0.1, 0.15) is 0 Å². The van der Waals surface area contributed by atoms with Crippen LogP contribution in [0.25, 0.3) is 0 Å². The highest BCUT2D eigenvalue weighted by atomic mass is 32.1. The first-order valence-corrected chi connectivity index (χ1v) is 8.83. The van der Waals surface area contributed by atoms with Crippen LogP contribution in [0, 0.1) is 0 Å². The average molecular weight is 323 g/mol. The molecule has 1 unspecified atom stereocenters. The van der Waals surface area contributed by atoms with Crippen LogP contribution in [-0.4, -0.2) is 13.1 Å². The molecular weight excluding hydrogens is 302 g/mol. The lowest BCUT2D eigenvalue weighted by atomic mass is 10.1. The van der Waals surface area contributed by atoms with Gasteiger partial charge in [-0.05, 0) is 30.0 Å². The van der Waals surface area contributed by atoms with Gasteiger partial charge < -0.3 is 10.1 Å². The Labute approximate surface area is 134 Å². The molecule has 3 nitrogen and oxygen atoms in total. The van der Waals surface area contributed by atoms with Gasteiger partial charge in [0, 0.05) is 27.2 Å². The third kappa shape index (κ3) is 4.95. The number of hydrogen-bond donors (Lipinski definition) is 1. The summed E-state index contributed by atoms with van der Waals surface area (Å²) in [6, 6.07) is 8.81. The zero-order valence-electron chi connectivity index (χ0n) is 12.4. The van der Waals surface area contributed by atoms with Crippen LogP contribution in [0.15, 0.2) is 29.6 Å². The Hall–Kier alpha value is -1.17. The first-order valence-electron chi connectivity index (χ1n) is 7.14. The number of hydrogen-bond acceptors (Lipinski definition) is 5. The number of rotatable bonds is 8. The molecule has 0 fully saturated rings. The number of esters is 1. The van der Waals surface area contributed by atoms with Crippen molar-refractivity contribution in [1.29, 1.82) is 0 Å². The molecular formula is C16H21NO2S2. The van der Waals surface area contributed by atoms with Crippen molar-refractivity contribution in [2.75, 3.05) is 7.11 Å². The summed E-state index contributed by atoms with van der Waals surface area (Å²) in [7, 11) is 1.43. The van der Waals surface area contributed by atoms with E-state index < -0.39 is 0 Å². The van der Waals surface area contributed by atoms with Gasteiger partial charge in [0.25, 0.3) is 0 Å². The van der Waals surface area contributed by atoms with E-state index >= 15 is 0 Å². The summed E-state index contributed by atoms with van der Waals surface area (Å²) in [5, 5.41) is 5.75. The van der Waals surface area contributed by atoms with E-state index in [9.17, 15) is 4.79 Å². The molecule has 2 aromatic rings. The number of nitrogens with one attached hydrogen (secondary N) is 1. The lowest BCUT2D eigenvalue weighted by Crippen LogP contribution is -2.19. The maximum Gasteiger partial charge on any atom is 0.310 e. The van der Waals surface area contributed by atoms with Gasteiger partial charge in [0.05, 0.1) is 13.5 Å². The third-order valence-electron chi connectivity index (χ3n) is 3.25. The van der Waals surface area contributed by atoms with Crippen LogP contribution in [-0.2, 0) is 22.5 Å². The average Bonchev–Trinajstić information content (AvgIpc) is 3.15. The monoisotopic (exact) mass is 323 g/mol. The minimum Gasteiger partial charge on any atom is -0.469 e. The predicted molar refractivity (Wildman–Crippen MR) is 88.8 cm³/mol. The number of thiophene rings is 2. The van der Waals surface area contributed by atoms with Gasteiger partial charge >= 0.3 is 5.97 Å². The molecule has 2 rings (SSSR count). The SMILES string of the molecule is CCCC(NCc1ccc(CC(=O)OC)s1)c1cccs1. The van der Waals surface area contributed by atoms with Crippen molar-refractivity contribution >= 4 is 28.6 Å². The molecule has 1 atom stereocenters. The van der Waals surface area contributed by atoms with E-state index in [1.807, 2.05) is 6.07 Å². The predicted octanol–water partition coefficient (Wildman–Crippen LogP) is 4.16. The van der Waals surface area contributed by atoms with Gasteiger partial charge in [0.2, 0.25) is 0 Å². The van der Waals surface area contributed by atoms with Crippen molar-refractivity contribution in [3.8, 4) is 0 Å². The fourth-order valence-electron chi connectivity index (χ4n) is 2.17. The fraction of sp³-hybridized carbons (Fsp3) is 0.438. The Morgan fingerprint density at radius 1 is 1.33 bits per heavy atom. The topological polar surface area (TPSA) is 38.3 Å². The second-order valence-corrected chi connectivity index (χ2v) is 7.09. The Balaban J connectivity index is 1.90. The van der Waals surface area contributed by atoms with E-state index in [0.29, 0.717) is 12.5 Å². The lowest BCUT2D eigenvalue weighted by Gasteiger charge is -2.16. The summed E-state index contributed by atoms with van der Waals surface area (Å²) in [6.07, 6.45) is 2.67. The molecule has 0 amide bonds. The first kappa shape index (κ1) is 16.2. The highest BCUT2D eigenvalue weighted by Gasteiger charge is 2.12. The minimum atomic E-state index is -0.182. The van der Waals surface area contributed by atoms with E-state index in [0.717, 1.165) is 24.3 Å². The largest absolute Gasteiger partial charge is 0.469 e. The normalized spacial score (nSPS) is 12.3. The Morgan fingerprint density at radius 2 is 2.14 bits per heavy atom. The molecule has 1 N–H and O–H groups in total. The van der Waals surface area contributed by atoms with Crippen LogP contribution in [0.2, 0.25) is 0 Å². The molecule has 0 radical (unpaired) electrons. The van der Waals surface area contributed by atoms with Crippen molar-refractivity contribution in [1.82, 2.24) is 5.32 Å². The van der Waals surface area contributed by atoms with Gasteiger partial charge in [0.15, 0.2) is 0 Å². The van der Waals surface area contributed by atoms with Crippen molar-refractivity contribution in [2.24, 2.45) is 0 Å². The second kappa shape index (κ2) is 8.32. The lowest BCUT2D eigenvalue weighted by molar-refractivity contribution is -0.139. The fourth-order valence-corrected chi connectivity index (χ4v) is 3.97. The van der Waals surface area contributed by atoms with Gasteiger partial charge in [-0.15, -0.1) is 22.7 Å². The molecule has 2 aromatic heterocycles. The minimum absolute atomic E-state index is 0.182. The highest BCUT2D eigenvalue weighted by Crippen LogP contribution is 2.25. The Kier molecular flexibility index (Phi) is 6.42. The molecule has 5 heteroatoms. The standard InChI is InChI=1S/C16H21NO2S2/c1-3-5-14(15-6-4-9-20-15)17-11-13-8-7-12(21-13)10-16(18)19-2/h4,6-9,14,17H,3,5,10-11H2,1-2H3. The van der Waals surface area contributed by atoms with Crippen LogP contribution in [0.1, 0.15) is 40.4 Å². The molecule has 0 bridgehead atoms. The summed E-state index contributed by atoms with van der Waals surface area (Å²) < 4.78 is 4.70. The molecule has 0 aliphatic carbocycles. The van der Waals surface area contributed by atoms with Crippen molar-refractivity contribution in [3.63, 3.8) is 0 Å². The molecule has 0 saturated carbocycles. The second-order valence-electron chi connectivity index (χ2n) is 4.86. The van der Waals surface area contributed by atoms with Gasteiger partial charge in [-0.3, -0.25) is 4.79 Å². The quantitative estimate of drug-likeness (QED) is 0.742. The number of carbonyl (C=O) groups excluding carboxylic acids is 1. The molecule has 114 valence electrons. The molecule has 0 aliphatic rings. The molecule has 0 saturated heterocycles. The summed E-state index contributed by atoms with van der Waals surface area (Å²) >= 11 is 3.48. The van der Waals surface area contributed by atoms with Crippen LogP contribution in [0.4, 0.5) is 0 Å². The van der Waals surface area contributed by atoms with Crippen LogP contribution in [0.5, 0.6) is 0 Å². The van der Waals surface area contributed by atoms with E-state index in [1.54, 1.807) is 22.7 Å². The summed E-state index contributed by atoms with van der Waals surface area (Å²) in [4.78, 5) is 15.0. The van der Waals surface area contributed by atoms with Gasteiger partial charge in [-0.25, -0.2) is 0 Å². The van der Waals surface area contributed by atoms with E-state index in [4.69, 9.17) is 4.74 Å². The maximum absolute atomic E-state index is 11.3. The van der Waals surface area contributed by atoms with Crippen molar-refractivity contribution in [3.05, 3.63) is 44.3 Å². The number of ether oxygens (including phenoxy) is 1. The summed E-state index contributed by atoms with van der Waals surface area (Å²) in [5.41, 5.74) is 0. The zero-order valence-corrected chi connectivity index (χ0v) is 14.1. The summed E-state index contributed by atoms with van der Waals surface area (Å²) in [6.45, 7) is 3.05. The van der Waals surface area contributed by atoms with E-state index in [1.165, 1.54) is 16.9 Å². The maximum atomic E-state index is 11.3. The Morgan fingerprint density at radius 3 is 2.81 bits per heavy atom. The molecule has 2 heterocycles. The number of carbonyl (C=O) groups is 1. The highest BCUT2D eigenvalue weighted by molar-refractivity contribution is 7.12. The molecule has 0 aliphatic heterocycles. The third-order valence-corrected chi connectivity index (χ3v) is 5.32. The van der Waals surface area contributed by atoms with Crippen molar-refractivity contribution in [2.45, 2.75) is 38.8 Å². The number of methoxy groups -OCH3 is 1. The van der Waals surface area contributed by atoms with Gasteiger partial charge in [-0.2, -0.15) is 0 Å². The van der Waals surface area contributed by atoms with E-state index in [-0.39, 0.29) is 5.97 Å². The van der Waals surface area contributed by atoms with E-state index in [2.05, 4.69) is 35.8 Å². The van der Waals surface area contributed by atoms with Gasteiger partial charge in [-0.1, -0.05) is 19.4 Å². The van der Waals surface area contributed by atoms with Crippen LogP contribution < -0.4 is 5.32 Å². The van der Waals surface area contributed by atoms with Crippen LogP contribution in [0.3, 0.4) is 0 Å². The van der Waals surface area contributed by atoms with Crippen molar-refractivity contribution < 1.29 is 9.53 Å². The molecule has 0 spiro atoms. The smallest absolute Gasteiger partial charge is 0.310 e. The first-order chi connectivity index (χ1) is 10.2. The summed E-state index contributed by atoms with van der Waals surface area (Å²) in [5.74, 6) is -0.182.